The lowest BCUT2D eigenvalue weighted by molar-refractivity contribution is 0.0991. The number of methoxy groups -OCH3 is 2. The molecule has 36 heavy (non-hydrogen) atoms. The Morgan fingerprint density at radius 1 is 0.917 bits per heavy atom. The Morgan fingerprint density at radius 3 is 2.28 bits per heavy atom. The number of aryl methyl sites for hydroxylation is 1. The largest absolute Gasteiger partial charge is 0.497 e. The zero-order chi connectivity index (χ0) is 26.2. The lowest BCUT2D eigenvalue weighted by atomic mass is 10.1. The molecular formula is C31H40N2O3. The zero-order valence-corrected chi connectivity index (χ0v) is 22.8. The first-order chi connectivity index (χ1) is 17.2. The number of hydrogen-bond donors (Lipinski definition) is 1. The number of rotatable bonds is 10. The number of carbonyl (C=O) groups is 1. The monoisotopic (exact) mass is 488 g/mol. The van der Waals surface area contributed by atoms with Gasteiger partial charge in [0.25, 0.3) is 5.91 Å². The van der Waals surface area contributed by atoms with Crippen molar-refractivity contribution in [1.29, 1.82) is 0 Å². The van der Waals surface area contributed by atoms with Gasteiger partial charge in [-0.25, -0.2) is 0 Å². The van der Waals surface area contributed by atoms with E-state index < -0.39 is 0 Å². The standard InChI is InChI=1S/C31H40N2O3/c1-21(2)11-8-12-22(3)13-9-14-23(4)17-18-33-27-20-25(35-6)19-24(5)29(27)32-30-26(31(33)34)15-10-16-28(30)36-7/h10-11,13,15-17,19-20,32H,8-9,12,14,18H2,1-7H3/b22-13+,23-17+. The number of nitrogens with zero attached hydrogens (tertiary/aromatic N) is 1. The highest BCUT2D eigenvalue weighted by molar-refractivity contribution is 6.15. The van der Waals surface area contributed by atoms with Crippen molar-refractivity contribution in [2.75, 3.05) is 31.0 Å². The summed E-state index contributed by atoms with van der Waals surface area (Å²) in [5, 5.41) is 3.48. The number of benzene rings is 2. The van der Waals surface area contributed by atoms with Gasteiger partial charge < -0.3 is 19.7 Å². The smallest absolute Gasteiger partial charge is 0.260 e. The highest BCUT2D eigenvalue weighted by Crippen LogP contribution is 2.43. The topological polar surface area (TPSA) is 50.8 Å². The molecule has 1 aliphatic rings. The summed E-state index contributed by atoms with van der Waals surface area (Å²) >= 11 is 0. The van der Waals surface area contributed by atoms with Gasteiger partial charge in [-0.2, -0.15) is 0 Å². The van der Waals surface area contributed by atoms with Gasteiger partial charge in [0.05, 0.1) is 36.8 Å². The second kappa shape index (κ2) is 12.5. The van der Waals surface area contributed by atoms with Gasteiger partial charge in [0, 0.05) is 12.6 Å². The Balaban J connectivity index is 1.85. The maximum Gasteiger partial charge on any atom is 0.260 e. The Morgan fingerprint density at radius 2 is 1.61 bits per heavy atom. The molecule has 0 aliphatic carbocycles. The van der Waals surface area contributed by atoms with Crippen LogP contribution >= 0.6 is 0 Å². The summed E-state index contributed by atoms with van der Waals surface area (Å²) in [5.41, 5.74) is 8.02. The molecule has 2 aromatic rings. The summed E-state index contributed by atoms with van der Waals surface area (Å²) in [4.78, 5) is 15.6. The molecule has 3 rings (SSSR count). The third kappa shape index (κ3) is 6.60. The lowest BCUT2D eigenvalue weighted by Gasteiger charge is -2.23. The minimum atomic E-state index is -0.0677. The normalized spacial score (nSPS) is 13.4. The summed E-state index contributed by atoms with van der Waals surface area (Å²) in [6.45, 7) is 11.1. The number of carbonyl (C=O) groups excluding carboxylic acids is 1. The van der Waals surface area contributed by atoms with E-state index in [2.05, 4.69) is 51.2 Å². The molecule has 0 fully saturated rings. The summed E-state index contributed by atoms with van der Waals surface area (Å²) in [6.07, 6.45) is 11.0. The molecule has 0 spiro atoms. The quantitative estimate of drug-likeness (QED) is 0.343. The highest BCUT2D eigenvalue weighted by atomic mass is 16.5. The van der Waals surface area contributed by atoms with E-state index >= 15 is 0 Å². The van der Waals surface area contributed by atoms with Crippen molar-refractivity contribution in [3.05, 3.63) is 76.4 Å². The van der Waals surface area contributed by atoms with E-state index in [1.807, 2.05) is 42.2 Å². The Kier molecular flexibility index (Phi) is 9.40. The van der Waals surface area contributed by atoms with Crippen LogP contribution in [0.25, 0.3) is 0 Å². The van der Waals surface area contributed by atoms with Gasteiger partial charge in [-0.3, -0.25) is 4.79 Å². The number of anilines is 3. The van der Waals surface area contributed by atoms with Crippen LogP contribution in [0, 0.1) is 6.92 Å². The number of allylic oxidation sites excluding steroid dienone is 5. The van der Waals surface area contributed by atoms with Gasteiger partial charge in [-0.05, 0) is 84.1 Å². The molecule has 192 valence electrons. The molecular weight excluding hydrogens is 448 g/mol. The molecule has 0 bridgehead atoms. The van der Waals surface area contributed by atoms with Crippen molar-refractivity contribution < 1.29 is 14.3 Å². The predicted octanol–water partition coefficient (Wildman–Crippen LogP) is 8.14. The van der Waals surface area contributed by atoms with Crippen LogP contribution in [0.1, 0.15) is 69.3 Å². The molecule has 0 unspecified atom stereocenters. The van der Waals surface area contributed by atoms with E-state index in [-0.39, 0.29) is 5.91 Å². The van der Waals surface area contributed by atoms with Crippen LogP contribution < -0.4 is 19.7 Å². The molecule has 1 N–H and O–H groups in total. The first-order valence-electron chi connectivity index (χ1n) is 12.6. The van der Waals surface area contributed by atoms with Crippen LogP contribution in [-0.4, -0.2) is 26.7 Å². The second-order valence-corrected chi connectivity index (χ2v) is 9.72. The van der Waals surface area contributed by atoms with Crippen LogP contribution in [0.2, 0.25) is 0 Å². The van der Waals surface area contributed by atoms with Crippen LogP contribution in [0.15, 0.2) is 65.3 Å². The summed E-state index contributed by atoms with van der Waals surface area (Å²) in [5.74, 6) is 1.29. The number of ether oxygens (including phenoxy) is 2. The summed E-state index contributed by atoms with van der Waals surface area (Å²) < 4.78 is 11.1. The molecule has 0 saturated heterocycles. The molecule has 0 atom stereocenters. The van der Waals surface area contributed by atoms with Crippen molar-refractivity contribution in [2.45, 2.75) is 60.3 Å². The van der Waals surface area contributed by atoms with Crippen LogP contribution in [0.5, 0.6) is 11.5 Å². The van der Waals surface area contributed by atoms with E-state index in [1.54, 1.807) is 14.2 Å². The third-order valence-corrected chi connectivity index (χ3v) is 6.53. The SMILES string of the molecule is COc1cc(C)c2c(c1)N(C/C=C(\C)CC/C=C(\C)CCC=C(C)C)C(=O)c1cccc(OC)c1N2. The molecule has 2 aromatic carbocycles. The number of amides is 1. The van der Waals surface area contributed by atoms with Gasteiger partial charge in [0.2, 0.25) is 0 Å². The van der Waals surface area contributed by atoms with Gasteiger partial charge in [-0.1, -0.05) is 41.0 Å². The fourth-order valence-corrected chi connectivity index (χ4v) is 4.38. The molecule has 1 heterocycles. The molecule has 1 aliphatic heterocycles. The van der Waals surface area contributed by atoms with E-state index in [0.717, 1.165) is 48.4 Å². The molecule has 5 nitrogen and oxygen atoms in total. The Labute approximate surface area is 216 Å². The second-order valence-electron chi connectivity index (χ2n) is 9.72. The fraction of sp³-hybridized carbons (Fsp3) is 0.387. The van der Waals surface area contributed by atoms with Crippen molar-refractivity contribution in [2.24, 2.45) is 0 Å². The van der Waals surface area contributed by atoms with E-state index in [1.165, 1.54) is 16.7 Å². The first-order valence-corrected chi connectivity index (χ1v) is 12.6. The van der Waals surface area contributed by atoms with E-state index in [4.69, 9.17) is 9.47 Å². The minimum absolute atomic E-state index is 0.0677. The Hall–Kier alpha value is -3.47. The zero-order valence-electron chi connectivity index (χ0n) is 22.8. The third-order valence-electron chi connectivity index (χ3n) is 6.53. The lowest BCUT2D eigenvalue weighted by Crippen LogP contribution is -2.30. The maximum absolute atomic E-state index is 13.8. The summed E-state index contributed by atoms with van der Waals surface area (Å²) in [7, 11) is 3.27. The van der Waals surface area contributed by atoms with Gasteiger partial charge in [0.1, 0.15) is 11.5 Å². The van der Waals surface area contributed by atoms with Crippen molar-refractivity contribution in [1.82, 2.24) is 0 Å². The first kappa shape index (κ1) is 27.1. The van der Waals surface area contributed by atoms with Crippen LogP contribution in [0.4, 0.5) is 17.1 Å². The number of para-hydroxylation sites is 1. The molecule has 5 heteroatoms. The van der Waals surface area contributed by atoms with Crippen molar-refractivity contribution in [3.63, 3.8) is 0 Å². The number of fused-ring (bicyclic) bond motifs is 2. The molecule has 0 saturated carbocycles. The number of nitrogens with one attached hydrogen (secondary N) is 1. The highest BCUT2D eigenvalue weighted by Gasteiger charge is 2.29. The number of hydrogen-bond acceptors (Lipinski definition) is 4. The minimum Gasteiger partial charge on any atom is -0.497 e. The van der Waals surface area contributed by atoms with Gasteiger partial charge >= 0.3 is 0 Å². The maximum atomic E-state index is 13.8. The van der Waals surface area contributed by atoms with Crippen molar-refractivity contribution >= 4 is 23.0 Å². The molecule has 1 amide bonds. The average molecular weight is 489 g/mol. The summed E-state index contributed by atoms with van der Waals surface area (Å²) in [6, 6.07) is 9.46. The van der Waals surface area contributed by atoms with Gasteiger partial charge in [0.15, 0.2) is 0 Å². The predicted molar refractivity (Wildman–Crippen MR) is 151 cm³/mol. The molecule has 0 aromatic heterocycles. The Bertz CT molecular complexity index is 1190. The van der Waals surface area contributed by atoms with Crippen molar-refractivity contribution in [3.8, 4) is 11.5 Å². The molecule has 0 radical (unpaired) electrons. The van der Waals surface area contributed by atoms with Crippen LogP contribution in [-0.2, 0) is 0 Å². The van der Waals surface area contributed by atoms with Gasteiger partial charge in [-0.15, -0.1) is 0 Å². The average Bonchev–Trinajstić information content (AvgIpc) is 2.96. The van der Waals surface area contributed by atoms with Crippen LogP contribution in [0.3, 0.4) is 0 Å². The van der Waals surface area contributed by atoms with E-state index in [0.29, 0.717) is 23.5 Å². The van der Waals surface area contributed by atoms with E-state index in [9.17, 15) is 4.79 Å². The fourth-order valence-electron chi connectivity index (χ4n) is 4.38.